The first-order chi connectivity index (χ1) is 8.32. The fourth-order valence-corrected chi connectivity index (χ4v) is 1.36. The Labute approximate surface area is 102 Å². The number of pyridine rings is 1. The van der Waals surface area contributed by atoms with Crippen molar-refractivity contribution in [1.82, 2.24) is 10.3 Å². The maximum Gasteiger partial charge on any atom is 0.328 e. The van der Waals surface area contributed by atoms with Crippen molar-refractivity contribution in [3.8, 4) is 0 Å². The fourth-order valence-electron chi connectivity index (χ4n) is 1.36. The number of aliphatic carboxylic acids is 1. The van der Waals surface area contributed by atoms with Gasteiger partial charge < -0.3 is 20.5 Å². The lowest BCUT2D eigenvalue weighted by Crippen LogP contribution is -2.48. The Morgan fingerprint density at radius 2 is 2.00 bits per heavy atom. The number of rotatable bonds is 4. The summed E-state index contributed by atoms with van der Waals surface area (Å²) in [6, 6.07) is 1.36. The number of aromatic nitrogens is 1. The minimum atomic E-state index is -1.46. The molecule has 0 saturated carbocycles. The van der Waals surface area contributed by atoms with Crippen LogP contribution < -0.4 is 10.9 Å². The van der Waals surface area contributed by atoms with E-state index in [1.807, 2.05) is 0 Å². The second-order valence-electron chi connectivity index (χ2n) is 3.91. The van der Waals surface area contributed by atoms with Crippen LogP contribution in [-0.2, 0) is 4.79 Å². The molecule has 0 aliphatic carbocycles. The molecule has 4 N–H and O–H groups in total. The normalized spacial score (nSPS) is 13.7. The Morgan fingerprint density at radius 3 is 2.44 bits per heavy atom. The molecular weight excluding hydrogens is 240 g/mol. The van der Waals surface area contributed by atoms with Crippen LogP contribution in [0.25, 0.3) is 0 Å². The molecule has 0 aliphatic rings. The molecular formula is C11H14N2O5. The molecule has 0 spiro atoms. The smallest absolute Gasteiger partial charge is 0.328 e. The van der Waals surface area contributed by atoms with Crippen LogP contribution in [0.15, 0.2) is 16.9 Å². The van der Waals surface area contributed by atoms with E-state index < -0.39 is 29.6 Å². The molecule has 0 fully saturated rings. The van der Waals surface area contributed by atoms with Gasteiger partial charge in [-0.2, -0.15) is 0 Å². The summed E-state index contributed by atoms with van der Waals surface area (Å²) < 4.78 is 0. The quantitative estimate of drug-likeness (QED) is 0.563. The highest BCUT2D eigenvalue weighted by Gasteiger charge is 2.26. The van der Waals surface area contributed by atoms with Crippen LogP contribution in [0.4, 0.5) is 0 Å². The molecule has 98 valence electrons. The molecule has 2 atom stereocenters. The number of hydrogen-bond acceptors (Lipinski definition) is 4. The van der Waals surface area contributed by atoms with Gasteiger partial charge in [0.2, 0.25) is 0 Å². The Bertz CT molecular complexity index is 520. The lowest BCUT2D eigenvalue weighted by atomic mass is 10.1. The summed E-state index contributed by atoms with van der Waals surface area (Å²) in [7, 11) is 0. The van der Waals surface area contributed by atoms with Gasteiger partial charge >= 0.3 is 5.97 Å². The summed E-state index contributed by atoms with van der Waals surface area (Å²) in [5, 5.41) is 20.1. The van der Waals surface area contributed by atoms with E-state index in [9.17, 15) is 19.5 Å². The summed E-state index contributed by atoms with van der Waals surface area (Å²) in [4.78, 5) is 36.4. The molecule has 0 radical (unpaired) electrons. The second kappa shape index (κ2) is 5.46. The molecule has 7 heteroatoms. The molecule has 2 unspecified atom stereocenters. The Balaban J connectivity index is 2.94. The summed E-state index contributed by atoms with van der Waals surface area (Å²) in [6.07, 6.45) is -1.27. The zero-order chi connectivity index (χ0) is 13.9. The first-order valence-corrected chi connectivity index (χ1v) is 5.24. The third-order valence-electron chi connectivity index (χ3n) is 2.34. The van der Waals surface area contributed by atoms with E-state index in [1.54, 1.807) is 6.92 Å². The van der Waals surface area contributed by atoms with Crippen molar-refractivity contribution in [1.29, 1.82) is 0 Å². The van der Waals surface area contributed by atoms with Crippen LogP contribution in [0.3, 0.4) is 0 Å². The molecule has 1 rings (SSSR count). The van der Waals surface area contributed by atoms with Gasteiger partial charge in [0.05, 0.1) is 6.10 Å². The maximum atomic E-state index is 11.7. The summed E-state index contributed by atoms with van der Waals surface area (Å²) >= 11 is 0. The average Bonchev–Trinajstić information content (AvgIpc) is 2.24. The van der Waals surface area contributed by atoms with E-state index in [1.165, 1.54) is 19.1 Å². The van der Waals surface area contributed by atoms with Gasteiger partial charge in [-0.1, -0.05) is 0 Å². The van der Waals surface area contributed by atoms with E-state index in [-0.39, 0.29) is 5.56 Å². The van der Waals surface area contributed by atoms with Gasteiger partial charge in [-0.3, -0.25) is 9.59 Å². The average molecular weight is 254 g/mol. The van der Waals surface area contributed by atoms with Crippen LogP contribution in [-0.4, -0.2) is 39.2 Å². The maximum absolute atomic E-state index is 11.7. The third-order valence-corrected chi connectivity index (χ3v) is 2.34. The van der Waals surface area contributed by atoms with E-state index in [4.69, 9.17) is 5.11 Å². The monoisotopic (exact) mass is 254 g/mol. The SMILES string of the molecule is Cc1ccc(C(=O)NC(C(=O)O)C(C)O)c(=O)[nH]1. The van der Waals surface area contributed by atoms with Crippen molar-refractivity contribution in [3.05, 3.63) is 33.7 Å². The number of carboxylic acid groups (broad SMARTS) is 1. The van der Waals surface area contributed by atoms with Gasteiger partial charge in [0.15, 0.2) is 6.04 Å². The molecule has 7 nitrogen and oxygen atoms in total. The highest BCUT2D eigenvalue weighted by Crippen LogP contribution is 1.98. The number of carbonyl (C=O) groups excluding carboxylic acids is 1. The van der Waals surface area contributed by atoms with Crippen LogP contribution in [0.1, 0.15) is 23.0 Å². The second-order valence-corrected chi connectivity index (χ2v) is 3.91. The van der Waals surface area contributed by atoms with Gasteiger partial charge in [0.1, 0.15) is 5.56 Å². The molecule has 1 amide bonds. The number of nitrogens with one attached hydrogen (secondary N) is 2. The molecule has 1 aromatic rings. The highest BCUT2D eigenvalue weighted by atomic mass is 16.4. The van der Waals surface area contributed by atoms with Crippen LogP contribution in [0, 0.1) is 6.92 Å². The molecule has 0 saturated heterocycles. The van der Waals surface area contributed by atoms with Crippen LogP contribution in [0.2, 0.25) is 0 Å². The van der Waals surface area contributed by atoms with Crippen molar-refractivity contribution in [2.75, 3.05) is 0 Å². The summed E-state index contributed by atoms with van der Waals surface area (Å²) in [6.45, 7) is 2.89. The first kappa shape index (κ1) is 13.9. The number of amides is 1. The predicted molar refractivity (Wildman–Crippen MR) is 62.4 cm³/mol. The first-order valence-electron chi connectivity index (χ1n) is 5.24. The summed E-state index contributed by atoms with van der Waals surface area (Å²) in [5.41, 5.74) is -0.225. The van der Waals surface area contributed by atoms with E-state index in [0.717, 1.165) is 0 Å². The molecule has 1 heterocycles. The predicted octanol–water partition coefficient (Wildman–Crippen LogP) is -0.753. The lowest BCUT2D eigenvalue weighted by Gasteiger charge is -2.16. The van der Waals surface area contributed by atoms with Gasteiger partial charge in [-0.25, -0.2) is 4.79 Å². The van der Waals surface area contributed by atoms with Crippen LogP contribution >= 0.6 is 0 Å². The molecule has 1 aromatic heterocycles. The van der Waals surface area contributed by atoms with Crippen molar-refractivity contribution < 1.29 is 19.8 Å². The third kappa shape index (κ3) is 3.17. The largest absolute Gasteiger partial charge is 0.480 e. The number of carboxylic acids is 1. The zero-order valence-electron chi connectivity index (χ0n) is 9.93. The van der Waals surface area contributed by atoms with Gasteiger partial charge in [0, 0.05) is 5.69 Å². The molecule has 18 heavy (non-hydrogen) atoms. The minimum Gasteiger partial charge on any atom is -0.480 e. The topological polar surface area (TPSA) is 119 Å². The van der Waals surface area contributed by atoms with E-state index >= 15 is 0 Å². The van der Waals surface area contributed by atoms with Crippen LogP contribution in [0.5, 0.6) is 0 Å². The fraction of sp³-hybridized carbons (Fsp3) is 0.364. The number of aromatic amines is 1. The number of carbonyl (C=O) groups is 2. The van der Waals surface area contributed by atoms with Crippen molar-refractivity contribution in [3.63, 3.8) is 0 Å². The standard InChI is InChI=1S/C11H14N2O5/c1-5-3-4-7(9(15)12-5)10(16)13-8(6(2)14)11(17)18/h3-4,6,8,14H,1-2H3,(H,12,15)(H,13,16)(H,17,18). The van der Waals surface area contributed by atoms with Gasteiger partial charge in [-0.05, 0) is 26.0 Å². The lowest BCUT2D eigenvalue weighted by molar-refractivity contribution is -0.141. The number of aliphatic hydroxyl groups excluding tert-OH is 1. The zero-order valence-corrected chi connectivity index (χ0v) is 9.93. The Kier molecular flexibility index (Phi) is 4.22. The van der Waals surface area contributed by atoms with Gasteiger partial charge in [-0.15, -0.1) is 0 Å². The van der Waals surface area contributed by atoms with Crippen molar-refractivity contribution in [2.45, 2.75) is 26.0 Å². The number of hydrogen-bond donors (Lipinski definition) is 4. The number of H-pyrrole nitrogens is 1. The molecule has 0 aliphatic heterocycles. The van der Waals surface area contributed by atoms with Gasteiger partial charge in [0.25, 0.3) is 11.5 Å². The summed E-state index contributed by atoms with van der Waals surface area (Å²) in [5.74, 6) is -2.22. The van der Waals surface area contributed by atoms with Crippen molar-refractivity contribution >= 4 is 11.9 Å². The minimum absolute atomic E-state index is 0.201. The number of aliphatic hydroxyl groups is 1. The highest BCUT2D eigenvalue weighted by molar-refractivity contribution is 5.96. The molecule has 0 bridgehead atoms. The Hall–Kier alpha value is -2.15. The number of aryl methyl sites for hydroxylation is 1. The molecule has 0 aromatic carbocycles. The van der Waals surface area contributed by atoms with E-state index in [2.05, 4.69) is 10.3 Å². The van der Waals surface area contributed by atoms with Crippen molar-refractivity contribution in [2.24, 2.45) is 0 Å². The Morgan fingerprint density at radius 1 is 1.39 bits per heavy atom. The van der Waals surface area contributed by atoms with E-state index in [0.29, 0.717) is 5.69 Å².